The fourth-order valence-electron chi connectivity index (χ4n) is 3.02. The van der Waals surface area contributed by atoms with Crippen LogP contribution in [0.25, 0.3) is 0 Å². The predicted octanol–water partition coefficient (Wildman–Crippen LogP) is 3.49. The number of aryl methyl sites for hydroxylation is 1. The summed E-state index contributed by atoms with van der Waals surface area (Å²) < 4.78 is 5.71. The molecule has 1 atom stereocenters. The van der Waals surface area contributed by atoms with Gasteiger partial charge in [-0.3, -0.25) is 14.6 Å². The molecule has 3 heterocycles. The molecule has 0 spiro atoms. The topological polar surface area (TPSA) is 83.6 Å². The number of pyridine rings is 1. The number of furan rings is 1. The van der Waals surface area contributed by atoms with Gasteiger partial charge >= 0.3 is 0 Å². The van der Waals surface area contributed by atoms with Gasteiger partial charge < -0.3 is 14.4 Å². The number of rotatable bonds is 4. The largest absolute Gasteiger partial charge is 0.503 e. The second-order valence-corrected chi connectivity index (χ2v) is 7.45. The van der Waals surface area contributed by atoms with Crippen molar-refractivity contribution in [1.82, 2.24) is 9.88 Å². The third-order valence-electron chi connectivity index (χ3n) is 4.32. The van der Waals surface area contributed by atoms with Crippen molar-refractivity contribution in [2.24, 2.45) is 5.41 Å². The third-order valence-corrected chi connectivity index (χ3v) is 4.32. The summed E-state index contributed by atoms with van der Waals surface area (Å²) in [5.74, 6) is -0.282. The van der Waals surface area contributed by atoms with Crippen LogP contribution in [0.3, 0.4) is 0 Å². The highest BCUT2D eigenvalue weighted by Gasteiger charge is 2.47. The molecule has 6 heteroatoms. The van der Waals surface area contributed by atoms with E-state index >= 15 is 0 Å². The van der Waals surface area contributed by atoms with Gasteiger partial charge in [0.25, 0.3) is 5.91 Å². The Balaban J connectivity index is 2.08. The Morgan fingerprint density at radius 3 is 2.54 bits per heavy atom. The molecule has 6 nitrogen and oxygen atoms in total. The monoisotopic (exact) mass is 354 g/mol. The number of nitrogens with zero attached hydrogens (tertiary/aromatic N) is 2. The van der Waals surface area contributed by atoms with Gasteiger partial charge in [-0.05, 0) is 31.2 Å². The first-order chi connectivity index (χ1) is 12.2. The first kappa shape index (κ1) is 17.9. The minimum absolute atomic E-state index is 0.0766. The number of aliphatic hydroxyl groups excluding tert-OH is 1. The molecular formula is C20H22N2O4. The number of ketones is 1. The van der Waals surface area contributed by atoms with Gasteiger partial charge in [-0.1, -0.05) is 26.8 Å². The highest BCUT2D eigenvalue weighted by molar-refractivity contribution is 6.10. The van der Waals surface area contributed by atoms with Crippen LogP contribution < -0.4 is 0 Å². The van der Waals surface area contributed by atoms with Crippen LogP contribution in [0.4, 0.5) is 0 Å². The molecule has 0 bridgehead atoms. The van der Waals surface area contributed by atoms with Gasteiger partial charge in [0, 0.05) is 11.6 Å². The number of aliphatic hydroxyl groups is 1. The summed E-state index contributed by atoms with van der Waals surface area (Å²) in [5, 5.41) is 10.5. The summed E-state index contributed by atoms with van der Waals surface area (Å²) in [7, 11) is 0. The Labute approximate surface area is 152 Å². The number of amides is 1. The fraction of sp³-hybridized carbons (Fsp3) is 0.350. The molecule has 1 aliphatic heterocycles. The molecule has 0 radical (unpaired) electrons. The van der Waals surface area contributed by atoms with Crippen LogP contribution in [-0.2, 0) is 16.1 Å². The number of hydrogen-bond acceptors (Lipinski definition) is 5. The second kappa shape index (κ2) is 6.44. The number of hydrogen-bond donors (Lipinski definition) is 1. The van der Waals surface area contributed by atoms with Crippen LogP contribution in [0.2, 0.25) is 0 Å². The van der Waals surface area contributed by atoms with Crippen LogP contribution in [0.15, 0.2) is 52.3 Å². The van der Waals surface area contributed by atoms with E-state index in [0.29, 0.717) is 17.2 Å². The molecule has 0 aliphatic carbocycles. The number of Topliss-reactive ketones (excluding diaryl/α,β-unsaturated/α-hetero) is 1. The molecule has 1 N–H and O–H groups in total. The molecule has 136 valence electrons. The van der Waals surface area contributed by atoms with Crippen molar-refractivity contribution in [2.45, 2.75) is 40.3 Å². The van der Waals surface area contributed by atoms with Gasteiger partial charge in [-0.15, -0.1) is 0 Å². The Morgan fingerprint density at radius 2 is 2.00 bits per heavy atom. The number of carbonyl (C=O) groups is 2. The summed E-state index contributed by atoms with van der Waals surface area (Å²) in [6.45, 7) is 7.22. The number of carbonyl (C=O) groups excluding carboxylic acids is 2. The molecular weight excluding hydrogens is 332 g/mol. The first-order valence-electron chi connectivity index (χ1n) is 8.45. The van der Waals surface area contributed by atoms with Crippen LogP contribution in [0, 0.1) is 12.3 Å². The molecule has 0 aromatic carbocycles. The molecule has 1 amide bonds. The van der Waals surface area contributed by atoms with E-state index in [1.165, 1.54) is 4.90 Å². The summed E-state index contributed by atoms with van der Waals surface area (Å²) in [6.07, 6.45) is 1.64. The van der Waals surface area contributed by atoms with Gasteiger partial charge in [0.05, 0.1) is 17.8 Å². The van der Waals surface area contributed by atoms with E-state index in [9.17, 15) is 14.7 Å². The van der Waals surface area contributed by atoms with Gasteiger partial charge in [-0.25, -0.2) is 0 Å². The molecule has 2 aromatic rings. The third kappa shape index (κ3) is 3.14. The van der Waals surface area contributed by atoms with Gasteiger partial charge in [0.2, 0.25) is 0 Å². The van der Waals surface area contributed by atoms with Crippen LogP contribution >= 0.6 is 0 Å². The van der Waals surface area contributed by atoms with Gasteiger partial charge in [0.1, 0.15) is 17.6 Å². The molecule has 26 heavy (non-hydrogen) atoms. The average Bonchev–Trinajstić information content (AvgIpc) is 3.11. The van der Waals surface area contributed by atoms with E-state index in [0.717, 1.165) is 0 Å². The molecule has 1 unspecified atom stereocenters. The fourth-order valence-corrected chi connectivity index (χ4v) is 3.02. The minimum atomic E-state index is -0.773. The van der Waals surface area contributed by atoms with E-state index in [1.807, 2.05) is 6.07 Å². The van der Waals surface area contributed by atoms with Crippen molar-refractivity contribution in [3.8, 4) is 0 Å². The number of aromatic nitrogens is 1. The lowest BCUT2D eigenvalue weighted by atomic mass is 9.83. The van der Waals surface area contributed by atoms with Gasteiger partial charge in [0.15, 0.2) is 11.5 Å². The molecule has 3 rings (SSSR count). The maximum Gasteiger partial charge on any atom is 0.290 e. The van der Waals surface area contributed by atoms with Crippen LogP contribution in [0.1, 0.15) is 44.0 Å². The zero-order valence-corrected chi connectivity index (χ0v) is 15.3. The average molecular weight is 354 g/mol. The summed E-state index contributed by atoms with van der Waals surface area (Å²) >= 11 is 0. The standard InChI is InChI=1S/C20H22N2O4/c1-12-8-9-14(26-12)16-15(18(24)20(2,3)4)17(23)19(25)22(16)11-13-7-5-6-10-21-13/h5-10,16,23H,11H2,1-4H3. The highest BCUT2D eigenvalue weighted by atomic mass is 16.3. The maximum absolute atomic E-state index is 13.0. The predicted molar refractivity (Wildman–Crippen MR) is 95.1 cm³/mol. The van der Waals surface area contributed by atoms with E-state index in [-0.39, 0.29) is 17.9 Å². The van der Waals surface area contributed by atoms with Crippen molar-refractivity contribution in [1.29, 1.82) is 0 Å². The molecule has 1 aliphatic rings. The molecule has 2 aromatic heterocycles. The zero-order chi connectivity index (χ0) is 19.1. The van der Waals surface area contributed by atoms with Crippen molar-refractivity contribution in [2.75, 3.05) is 0 Å². The minimum Gasteiger partial charge on any atom is -0.503 e. The lowest BCUT2D eigenvalue weighted by molar-refractivity contribution is -0.130. The van der Waals surface area contributed by atoms with E-state index in [4.69, 9.17) is 4.42 Å². The second-order valence-electron chi connectivity index (χ2n) is 7.45. The Bertz CT molecular complexity index is 875. The van der Waals surface area contributed by atoms with Crippen LogP contribution in [0.5, 0.6) is 0 Å². The Hall–Kier alpha value is -2.89. The van der Waals surface area contributed by atoms with Crippen LogP contribution in [-0.4, -0.2) is 26.7 Å². The SMILES string of the molecule is Cc1ccc(C2C(C(=O)C(C)(C)C)=C(O)C(=O)N2Cc2ccccn2)o1. The maximum atomic E-state index is 13.0. The van der Waals surface area contributed by atoms with Crippen molar-refractivity contribution in [3.05, 3.63) is 65.1 Å². The van der Waals surface area contributed by atoms with Crippen molar-refractivity contribution >= 4 is 11.7 Å². The smallest absolute Gasteiger partial charge is 0.290 e. The van der Waals surface area contributed by atoms with E-state index in [2.05, 4.69) is 4.98 Å². The quantitative estimate of drug-likeness (QED) is 0.908. The molecule has 0 saturated carbocycles. The summed E-state index contributed by atoms with van der Waals surface area (Å²) in [4.78, 5) is 31.4. The Kier molecular flexibility index (Phi) is 4.44. The zero-order valence-electron chi connectivity index (χ0n) is 15.3. The van der Waals surface area contributed by atoms with Crippen molar-refractivity contribution < 1.29 is 19.1 Å². The van der Waals surface area contributed by atoms with E-state index < -0.39 is 23.1 Å². The Morgan fingerprint density at radius 1 is 1.27 bits per heavy atom. The lowest BCUT2D eigenvalue weighted by Crippen LogP contribution is -2.32. The molecule has 0 fully saturated rings. The summed E-state index contributed by atoms with van der Waals surface area (Å²) in [5.41, 5.74) is -0.0102. The molecule has 0 saturated heterocycles. The summed E-state index contributed by atoms with van der Waals surface area (Å²) in [6, 6.07) is 8.12. The normalized spacial score (nSPS) is 17.9. The van der Waals surface area contributed by atoms with E-state index in [1.54, 1.807) is 58.2 Å². The first-order valence-corrected chi connectivity index (χ1v) is 8.45. The van der Waals surface area contributed by atoms with Crippen molar-refractivity contribution in [3.63, 3.8) is 0 Å². The highest BCUT2D eigenvalue weighted by Crippen LogP contribution is 2.41. The van der Waals surface area contributed by atoms with Gasteiger partial charge in [-0.2, -0.15) is 0 Å². The lowest BCUT2D eigenvalue weighted by Gasteiger charge is -2.26.